The van der Waals surface area contributed by atoms with Crippen LogP contribution in [0.4, 0.5) is 0 Å². The lowest BCUT2D eigenvalue weighted by atomic mass is 9.97. The van der Waals surface area contributed by atoms with Crippen LogP contribution in [0.2, 0.25) is 0 Å². The number of ether oxygens (including phenoxy) is 1. The Labute approximate surface area is 145 Å². The first-order valence-electron chi connectivity index (χ1n) is 9.40. The zero-order valence-electron chi connectivity index (χ0n) is 15.1. The highest BCUT2D eigenvalue weighted by atomic mass is 16.5. The van der Waals surface area contributed by atoms with Gasteiger partial charge in [0, 0.05) is 23.7 Å². The largest absolute Gasteiger partial charge is 0.493 e. The molecule has 2 fully saturated rings. The van der Waals surface area contributed by atoms with Crippen LogP contribution in [0, 0.1) is 0 Å². The molecule has 0 radical (unpaired) electrons. The van der Waals surface area contributed by atoms with Gasteiger partial charge in [0.05, 0.1) is 6.61 Å². The summed E-state index contributed by atoms with van der Waals surface area (Å²) in [4.78, 5) is 12.7. The Kier molecular flexibility index (Phi) is 5.44. The van der Waals surface area contributed by atoms with Crippen molar-refractivity contribution in [3.05, 3.63) is 29.3 Å². The topological polar surface area (TPSA) is 50.4 Å². The highest BCUT2D eigenvalue weighted by Gasteiger charge is 2.34. The molecule has 2 bridgehead atoms. The normalized spacial score (nSPS) is 25.8. The third kappa shape index (κ3) is 3.92. The number of carbonyl (C=O) groups is 1. The molecule has 2 unspecified atom stereocenters. The fourth-order valence-electron chi connectivity index (χ4n) is 3.93. The van der Waals surface area contributed by atoms with Crippen molar-refractivity contribution in [2.24, 2.45) is 0 Å². The molecule has 2 aliphatic rings. The van der Waals surface area contributed by atoms with Gasteiger partial charge in [-0.25, -0.2) is 0 Å². The molecule has 0 spiro atoms. The lowest BCUT2D eigenvalue weighted by Gasteiger charge is -2.29. The highest BCUT2D eigenvalue weighted by molar-refractivity contribution is 5.94. The molecule has 4 heteroatoms. The molecular weight excluding hydrogens is 300 g/mol. The van der Waals surface area contributed by atoms with Crippen LogP contribution in [0.5, 0.6) is 5.75 Å². The Balaban J connectivity index is 1.69. The number of hydrogen-bond donors (Lipinski definition) is 2. The van der Waals surface area contributed by atoms with Crippen molar-refractivity contribution >= 4 is 5.91 Å². The Morgan fingerprint density at radius 1 is 1.29 bits per heavy atom. The lowest BCUT2D eigenvalue weighted by molar-refractivity contribution is 0.0924. The molecule has 1 aromatic carbocycles. The number of piperidine rings is 1. The van der Waals surface area contributed by atoms with Crippen molar-refractivity contribution in [2.75, 3.05) is 6.61 Å². The first kappa shape index (κ1) is 17.3. The van der Waals surface area contributed by atoms with Gasteiger partial charge in [0.1, 0.15) is 5.75 Å². The number of amides is 1. The van der Waals surface area contributed by atoms with E-state index in [1.165, 1.54) is 12.8 Å². The van der Waals surface area contributed by atoms with E-state index in [1.54, 1.807) is 0 Å². The van der Waals surface area contributed by atoms with Gasteiger partial charge in [-0.1, -0.05) is 20.8 Å². The fraction of sp³-hybridized carbons (Fsp3) is 0.650. The van der Waals surface area contributed by atoms with E-state index in [-0.39, 0.29) is 5.91 Å². The van der Waals surface area contributed by atoms with Crippen LogP contribution >= 0.6 is 0 Å². The monoisotopic (exact) mass is 330 g/mol. The quantitative estimate of drug-likeness (QED) is 0.838. The second-order valence-corrected chi connectivity index (χ2v) is 7.54. The molecule has 2 atom stereocenters. The molecule has 2 saturated heterocycles. The first-order chi connectivity index (χ1) is 11.6. The zero-order chi connectivity index (χ0) is 17.1. The van der Waals surface area contributed by atoms with E-state index in [2.05, 4.69) is 31.4 Å². The molecule has 2 N–H and O–H groups in total. The van der Waals surface area contributed by atoms with Crippen LogP contribution < -0.4 is 15.4 Å². The molecule has 132 valence electrons. The van der Waals surface area contributed by atoms with E-state index < -0.39 is 0 Å². The minimum atomic E-state index is 0.0465. The van der Waals surface area contributed by atoms with Crippen LogP contribution in [0.25, 0.3) is 0 Å². The molecule has 0 aromatic heterocycles. The third-order valence-corrected chi connectivity index (χ3v) is 5.16. The van der Waals surface area contributed by atoms with Gasteiger partial charge in [-0.2, -0.15) is 0 Å². The summed E-state index contributed by atoms with van der Waals surface area (Å²) in [7, 11) is 0. The molecule has 0 saturated carbocycles. The molecule has 1 amide bonds. The molecule has 3 rings (SSSR count). The maximum atomic E-state index is 12.7. The van der Waals surface area contributed by atoms with Crippen LogP contribution in [0.15, 0.2) is 18.2 Å². The van der Waals surface area contributed by atoms with Gasteiger partial charge in [-0.3, -0.25) is 4.79 Å². The van der Waals surface area contributed by atoms with Gasteiger partial charge in [-0.05, 0) is 61.8 Å². The summed E-state index contributed by atoms with van der Waals surface area (Å²) in [5, 5.41) is 6.86. The van der Waals surface area contributed by atoms with Gasteiger partial charge < -0.3 is 15.4 Å². The average molecular weight is 330 g/mol. The summed E-state index contributed by atoms with van der Waals surface area (Å²) >= 11 is 0. The maximum Gasteiger partial charge on any atom is 0.251 e. The summed E-state index contributed by atoms with van der Waals surface area (Å²) in [6, 6.07) is 7.32. The average Bonchev–Trinajstić information content (AvgIpc) is 2.91. The van der Waals surface area contributed by atoms with E-state index in [4.69, 9.17) is 4.74 Å². The highest BCUT2D eigenvalue weighted by Crippen LogP contribution is 2.29. The van der Waals surface area contributed by atoms with E-state index >= 15 is 0 Å². The van der Waals surface area contributed by atoms with E-state index in [1.807, 2.05) is 18.2 Å². The molecule has 2 aliphatic heterocycles. The molecule has 0 aliphatic carbocycles. The Bertz CT molecular complexity index is 573. The number of fused-ring (bicyclic) bond motifs is 2. The minimum Gasteiger partial charge on any atom is -0.493 e. The second-order valence-electron chi connectivity index (χ2n) is 7.54. The van der Waals surface area contributed by atoms with Crippen molar-refractivity contribution in [1.29, 1.82) is 0 Å². The van der Waals surface area contributed by atoms with Gasteiger partial charge in [0.15, 0.2) is 0 Å². The lowest BCUT2D eigenvalue weighted by Crippen LogP contribution is -2.48. The Morgan fingerprint density at radius 3 is 2.62 bits per heavy atom. The summed E-state index contributed by atoms with van der Waals surface area (Å²) in [6.07, 6.45) is 5.59. The van der Waals surface area contributed by atoms with Crippen molar-refractivity contribution in [2.45, 2.75) is 76.9 Å². The molecule has 4 nitrogen and oxygen atoms in total. The van der Waals surface area contributed by atoms with Crippen molar-refractivity contribution in [3.63, 3.8) is 0 Å². The van der Waals surface area contributed by atoms with Crippen molar-refractivity contribution < 1.29 is 9.53 Å². The maximum absolute atomic E-state index is 12.7. The molecule has 2 heterocycles. The Morgan fingerprint density at radius 2 is 2.00 bits per heavy atom. The van der Waals surface area contributed by atoms with E-state index in [9.17, 15) is 4.79 Å². The molecule has 24 heavy (non-hydrogen) atoms. The van der Waals surface area contributed by atoms with Gasteiger partial charge in [-0.15, -0.1) is 0 Å². The zero-order valence-corrected chi connectivity index (χ0v) is 15.1. The van der Waals surface area contributed by atoms with Crippen LogP contribution in [0.3, 0.4) is 0 Å². The van der Waals surface area contributed by atoms with Crippen molar-refractivity contribution in [1.82, 2.24) is 10.6 Å². The Hall–Kier alpha value is -1.55. The summed E-state index contributed by atoms with van der Waals surface area (Å²) in [6.45, 7) is 7.09. The third-order valence-electron chi connectivity index (χ3n) is 5.16. The number of benzene rings is 1. The number of hydrogen-bond acceptors (Lipinski definition) is 3. The van der Waals surface area contributed by atoms with Crippen molar-refractivity contribution in [3.8, 4) is 5.75 Å². The first-order valence-corrected chi connectivity index (χ1v) is 9.40. The second kappa shape index (κ2) is 7.56. The van der Waals surface area contributed by atoms with Crippen LogP contribution in [-0.4, -0.2) is 30.6 Å². The van der Waals surface area contributed by atoms with Crippen LogP contribution in [-0.2, 0) is 0 Å². The predicted octanol–water partition coefficient (Wildman–Crippen LogP) is 3.61. The van der Waals surface area contributed by atoms with E-state index in [0.717, 1.165) is 36.1 Å². The SMILES string of the molecule is CCCOc1ccc(C(=O)NC2CC3CCC(C2)N3)cc1C(C)C. The standard InChI is InChI=1S/C20H30N2O2/c1-4-9-24-19-8-5-14(10-18(19)13(2)3)20(23)22-17-11-15-6-7-16(12-17)21-15/h5,8,10,13,15-17,21H,4,6-7,9,11-12H2,1-3H3,(H,22,23). The van der Waals surface area contributed by atoms with Crippen LogP contribution in [0.1, 0.15) is 74.7 Å². The molecular formula is C20H30N2O2. The molecule has 1 aromatic rings. The number of nitrogens with one attached hydrogen (secondary N) is 2. The summed E-state index contributed by atoms with van der Waals surface area (Å²) in [5.41, 5.74) is 1.86. The predicted molar refractivity (Wildman–Crippen MR) is 96.8 cm³/mol. The van der Waals surface area contributed by atoms with Gasteiger partial charge >= 0.3 is 0 Å². The number of rotatable bonds is 6. The smallest absolute Gasteiger partial charge is 0.251 e. The minimum absolute atomic E-state index is 0.0465. The fourth-order valence-corrected chi connectivity index (χ4v) is 3.93. The summed E-state index contributed by atoms with van der Waals surface area (Å²) < 4.78 is 5.83. The van der Waals surface area contributed by atoms with Gasteiger partial charge in [0.2, 0.25) is 0 Å². The van der Waals surface area contributed by atoms with Gasteiger partial charge in [0.25, 0.3) is 5.91 Å². The number of carbonyl (C=O) groups excluding carboxylic acids is 1. The van der Waals surface area contributed by atoms with E-state index in [0.29, 0.717) is 30.7 Å². The summed E-state index contributed by atoms with van der Waals surface area (Å²) in [5.74, 6) is 1.29.